The Morgan fingerprint density at radius 3 is 3.00 bits per heavy atom. The van der Waals surface area contributed by atoms with Gasteiger partial charge in [0.1, 0.15) is 5.78 Å². The van der Waals surface area contributed by atoms with Crippen LogP contribution in [-0.2, 0) is 17.6 Å². The fraction of sp³-hybridized carbons (Fsp3) is 0.462. The maximum Gasteiger partial charge on any atom is 0.136 e. The summed E-state index contributed by atoms with van der Waals surface area (Å²) in [5.74, 6) is 0.687. The largest absolute Gasteiger partial charge is 0.299 e. The molecule has 0 spiro atoms. The van der Waals surface area contributed by atoms with Gasteiger partial charge >= 0.3 is 0 Å². The summed E-state index contributed by atoms with van der Waals surface area (Å²) in [4.78, 5) is 11.6. The lowest BCUT2D eigenvalue weighted by Gasteiger charge is -2.23. The summed E-state index contributed by atoms with van der Waals surface area (Å²) in [6.07, 6.45) is 3.69. The fourth-order valence-corrected chi connectivity index (χ4v) is 2.70. The second-order valence-electron chi connectivity index (χ2n) is 4.17. The molecular formula is C13H15BrO. The zero-order valence-electron chi connectivity index (χ0n) is 8.92. The lowest BCUT2D eigenvalue weighted by molar-refractivity contribution is -0.122. The highest BCUT2D eigenvalue weighted by Gasteiger charge is 2.23. The fourth-order valence-electron chi connectivity index (χ4n) is 2.29. The van der Waals surface area contributed by atoms with Gasteiger partial charge in [-0.25, -0.2) is 0 Å². The third kappa shape index (κ3) is 2.31. The molecule has 0 N–H and O–H groups in total. The molecule has 0 radical (unpaired) electrons. The quantitative estimate of drug-likeness (QED) is 0.801. The first-order valence-corrected chi connectivity index (χ1v) is 6.30. The third-order valence-corrected chi connectivity index (χ3v) is 3.69. The first kappa shape index (κ1) is 10.9. The van der Waals surface area contributed by atoms with E-state index < -0.39 is 0 Å². The molecule has 0 bridgehead atoms. The summed E-state index contributed by atoms with van der Waals surface area (Å²) < 4.78 is 1.14. The smallest absolute Gasteiger partial charge is 0.136 e. The van der Waals surface area contributed by atoms with E-state index in [2.05, 4.69) is 34.1 Å². The SMILES string of the molecule is CCC(=O)C1CCc2cc(Br)ccc2C1. The molecule has 0 saturated carbocycles. The van der Waals surface area contributed by atoms with Crippen molar-refractivity contribution in [3.63, 3.8) is 0 Å². The van der Waals surface area contributed by atoms with Gasteiger partial charge in [-0.15, -0.1) is 0 Å². The molecule has 0 saturated heterocycles. The minimum absolute atomic E-state index is 0.267. The molecule has 1 atom stereocenters. The van der Waals surface area contributed by atoms with Crippen molar-refractivity contribution in [2.75, 3.05) is 0 Å². The van der Waals surface area contributed by atoms with Gasteiger partial charge in [0, 0.05) is 16.8 Å². The van der Waals surface area contributed by atoms with Gasteiger partial charge in [-0.3, -0.25) is 4.79 Å². The van der Waals surface area contributed by atoms with Crippen LogP contribution in [0.15, 0.2) is 22.7 Å². The number of hydrogen-bond acceptors (Lipinski definition) is 1. The normalized spacial score (nSPS) is 19.7. The van der Waals surface area contributed by atoms with Crippen molar-refractivity contribution < 1.29 is 4.79 Å². The minimum Gasteiger partial charge on any atom is -0.299 e. The first-order valence-electron chi connectivity index (χ1n) is 5.50. The molecule has 0 aliphatic heterocycles. The van der Waals surface area contributed by atoms with E-state index in [1.807, 2.05) is 6.92 Å². The van der Waals surface area contributed by atoms with Crippen molar-refractivity contribution in [1.29, 1.82) is 0 Å². The van der Waals surface area contributed by atoms with Crippen molar-refractivity contribution in [1.82, 2.24) is 0 Å². The summed E-state index contributed by atoms with van der Waals surface area (Å²) >= 11 is 3.48. The van der Waals surface area contributed by atoms with Crippen molar-refractivity contribution in [3.8, 4) is 0 Å². The van der Waals surface area contributed by atoms with Crippen LogP contribution < -0.4 is 0 Å². The maximum atomic E-state index is 11.6. The average molecular weight is 267 g/mol. The molecule has 2 heteroatoms. The molecule has 0 fully saturated rings. The molecule has 0 aromatic heterocycles. The van der Waals surface area contributed by atoms with Crippen molar-refractivity contribution in [2.24, 2.45) is 5.92 Å². The van der Waals surface area contributed by atoms with Crippen molar-refractivity contribution >= 4 is 21.7 Å². The van der Waals surface area contributed by atoms with Gasteiger partial charge in [0.05, 0.1) is 0 Å². The molecule has 0 amide bonds. The molecule has 1 aliphatic carbocycles. The molecule has 15 heavy (non-hydrogen) atoms. The van der Waals surface area contributed by atoms with Crippen LogP contribution in [0.5, 0.6) is 0 Å². The van der Waals surface area contributed by atoms with Gasteiger partial charge in [-0.05, 0) is 42.5 Å². The van der Waals surface area contributed by atoms with Crippen LogP contribution in [0.1, 0.15) is 30.9 Å². The monoisotopic (exact) mass is 266 g/mol. The summed E-state index contributed by atoms with van der Waals surface area (Å²) in [6.45, 7) is 1.96. The summed E-state index contributed by atoms with van der Waals surface area (Å²) in [6, 6.07) is 6.40. The zero-order chi connectivity index (χ0) is 10.8. The molecule has 1 nitrogen and oxygen atoms in total. The molecule has 1 aromatic carbocycles. The number of rotatable bonds is 2. The predicted molar refractivity (Wildman–Crippen MR) is 65.0 cm³/mol. The van der Waals surface area contributed by atoms with E-state index in [9.17, 15) is 4.79 Å². The number of benzene rings is 1. The van der Waals surface area contributed by atoms with E-state index in [4.69, 9.17) is 0 Å². The molecular weight excluding hydrogens is 252 g/mol. The van der Waals surface area contributed by atoms with E-state index in [-0.39, 0.29) is 5.92 Å². The Labute approximate surface area is 99.0 Å². The van der Waals surface area contributed by atoms with Crippen molar-refractivity contribution in [3.05, 3.63) is 33.8 Å². The van der Waals surface area contributed by atoms with Crippen molar-refractivity contribution in [2.45, 2.75) is 32.6 Å². The summed E-state index contributed by atoms with van der Waals surface area (Å²) in [5, 5.41) is 0. The Hall–Kier alpha value is -0.630. The standard InChI is InChI=1S/C13H15BrO/c1-2-13(15)11-4-3-10-8-12(14)6-5-9(10)7-11/h5-6,8,11H,2-4,7H2,1H3. The van der Waals surface area contributed by atoms with E-state index in [0.717, 1.165) is 23.7 Å². The van der Waals surface area contributed by atoms with Crippen LogP contribution in [0.4, 0.5) is 0 Å². The van der Waals surface area contributed by atoms with Gasteiger partial charge in [-0.2, -0.15) is 0 Å². The number of carbonyl (C=O) groups is 1. The summed E-state index contributed by atoms with van der Waals surface area (Å²) in [7, 11) is 0. The number of halogens is 1. The molecule has 1 aliphatic rings. The lowest BCUT2D eigenvalue weighted by Crippen LogP contribution is -2.21. The molecule has 2 rings (SSSR count). The van der Waals surface area contributed by atoms with E-state index in [1.165, 1.54) is 11.1 Å². The Kier molecular flexibility index (Phi) is 3.25. The van der Waals surface area contributed by atoms with Crippen LogP contribution in [0.25, 0.3) is 0 Å². The number of aryl methyl sites for hydroxylation is 1. The zero-order valence-corrected chi connectivity index (χ0v) is 10.5. The second kappa shape index (κ2) is 4.48. The topological polar surface area (TPSA) is 17.1 Å². The number of hydrogen-bond donors (Lipinski definition) is 0. The number of ketones is 1. The van der Waals surface area contributed by atoms with Crippen LogP contribution in [-0.4, -0.2) is 5.78 Å². The summed E-state index contributed by atoms with van der Waals surface area (Å²) in [5.41, 5.74) is 2.76. The minimum atomic E-state index is 0.267. The molecule has 80 valence electrons. The van der Waals surface area contributed by atoms with Crippen LogP contribution in [0.3, 0.4) is 0 Å². The van der Waals surface area contributed by atoms with E-state index in [0.29, 0.717) is 12.2 Å². The van der Waals surface area contributed by atoms with Gasteiger partial charge < -0.3 is 0 Å². The second-order valence-corrected chi connectivity index (χ2v) is 5.09. The average Bonchev–Trinajstić information content (AvgIpc) is 2.27. The van der Waals surface area contributed by atoms with Gasteiger partial charge in [0.25, 0.3) is 0 Å². The van der Waals surface area contributed by atoms with Gasteiger partial charge in [0.15, 0.2) is 0 Å². The Bertz CT molecular complexity index is 384. The number of Topliss-reactive ketones (excluding diaryl/α,β-unsaturated/α-hetero) is 1. The maximum absolute atomic E-state index is 11.6. The third-order valence-electron chi connectivity index (χ3n) is 3.20. The number of carbonyl (C=O) groups excluding carboxylic acids is 1. The van der Waals surface area contributed by atoms with E-state index in [1.54, 1.807) is 0 Å². The Morgan fingerprint density at radius 2 is 2.27 bits per heavy atom. The number of fused-ring (bicyclic) bond motifs is 1. The Morgan fingerprint density at radius 1 is 1.47 bits per heavy atom. The molecule has 1 aromatic rings. The van der Waals surface area contributed by atoms with Crippen LogP contribution >= 0.6 is 15.9 Å². The van der Waals surface area contributed by atoms with Crippen LogP contribution in [0.2, 0.25) is 0 Å². The van der Waals surface area contributed by atoms with Crippen LogP contribution in [0, 0.1) is 5.92 Å². The lowest BCUT2D eigenvalue weighted by atomic mass is 9.81. The van der Waals surface area contributed by atoms with Gasteiger partial charge in [-0.1, -0.05) is 28.9 Å². The van der Waals surface area contributed by atoms with E-state index >= 15 is 0 Å². The highest BCUT2D eigenvalue weighted by atomic mass is 79.9. The highest BCUT2D eigenvalue weighted by Crippen LogP contribution is 2.28. The first-order chi connectivity index (χ1) is 7.20. The Balaban J connectivity index is 2.20. The van der Waals surface area contributed by atoms with Gasteiger partial charge in [0.2, 0.25) is 0 Å². The highest BCUT2D eigenvalue weighted by molar-refractivity contribution is 9.10. The predicted octanol–water partition coefficient (Wildman–Crippen LogP) is 3.53. The molecule has 1 unspecified atom stereocenters. The molecule has 0 heterocycles.